The summed E-state index contributed by atoms with van der Waals surface area (Å²) in [6, 6.07) is 8.47. The van der Waals surface area contributed by atoms with Gasteiger partial charge in [-0.3, -0.25) is 14.7 Å². The smallest absolute Gasteiger partial charge is 0.274 e. The van der Waals surface area contributed by atoms with Crippen LogP contribution in [0.3, 0.4) is 0 Å². The summed E-state index contributed by atoms with van der Waals surface area (Å²) in [6.45, 7) is 3.61. The Kier molecular flexibility index (Phi) is 3.70. The first kappa shape index (κ1) is 15.3. The van der Waals surface area contributed by atoms with E-state index in [2.05, 4.69) is 14.9 Å². The topological polar surface area (TPSA) is 49.3 Å². The molecule has 3 aliphatic rings. The van der Waals surface area contributed by atoms with Crippen LogP contribution in [0.15, 0.2) is 30.5 Å². The summed E-state index contributed by atoms with van der Waals surface area (Å²) in [4.78, 5) is 26.3. The van der Waals surface area contributed by atoms with E-state index < -0.39 is 0 Å². The van der Waals surface area contributed by atoms with E-state index in [-0.39, 0.29) is 5.91 Å². The highest BCUT2D eigenvalue weighted by Crippen LogP contribution is 2.46. The zero-order chi connectivity index (χ0) is 16.8. The molecule has 5 nitrogen and oxygen atoms in total. The molecule has 0 radical (unpaired) electrons. The highest BCUT2D eigenvalue weighted by atomic mass is 16.2. The minimum absolute atomic E-state index is 0.0193. The van der Waals surface area contributed by atoms with Gasteiger partial charge in [0.1, 0.15) is 5.69 Å². The van der Waals surface area contributed by atoms with Gasteiger partial charge in [0.05, 0.1) is 17.2 Å². The maximum atomic E-state index is 12.8. The van der Waals surface area contributed by atoms with Gasteiger partial charge in [0.2, 0.25) is 0 Å². The normalized spacial score (nSPS) is 29.4. The molecule has 0 N–H and O–H groups in total. The summed E-state index contributed by atoms with van der Waals surface area (Å²) in [5.41, 5.74) is 2.08. The lowest BCUT2D eigenvalue weighted by molar-refractivity contribution is 0.0491. The van der Waals surface area contributed by atoms with Crippen molar-refractivity contribution in [3.8, 4) is 0 Å². The zero-order valence-electron chi connectivity index (χ0n) is 14.5. The highest BCUT2D eigenvalue weighted by Gasteiger charge is 2.43. The zero-order valence-corrected chi connectivity index (χ0v) is 14.5. The molecule has 5 heteroatoms. The monoisotopic (exact) mass is 336 g/mol. The maximum absolute atomic E-state index is 12.8. The minimum atomic E-state index is 0.0193. The molecule has 2 heterocycles. The van der Waals surface area contributed by atoms with Gasteiger partial charge in [-0.15, -0.1) is 0 Å². The lowest BCUT2D eigenvalue weighted by Crippen LogP contribution is -2.53. The first-order chi connectivity index (χ1) is 12.3. The molecule has 1 aliphatic heterocycles. The average Bonchev–Trinajstić information content (AvgIpc) is 3.31. The molecule has 1 saturated heterocycles. The Morgan fingerprint density at radius 1 is 1.00 bits per heavy atom. The third-order valence-electron chi connectivity index (χ3n) is 6.44. The van der Waals surface area contributed by atoms with Crippen molar-refractivity contribution in [3.63, 3.8) is 0 Å². The van der Waals surface area contributed by atoms with E-state index in [9.17, 15) is 4.79 Å². The van der Waals surface area contributed by atoms with Crippen molar-refractivity contribution in [1.29, 1.82) is 0 Å². The third kappa shape index (κ3) is 2.71. The molecule has 1 amide bonds. The van der Waals surface area contributed by atoms with Gasteiger partial charge in [-0.1, -0.05) is 18.6 Å². The molecular weight excluding hydrogens is 312 g/mol. The molecule has 3 fully saturated rings. The van der Waals surface area contributed by atoms with Gasteiger partial charge in [-0.05, 0) is 43.2 Å². The van der Waals surface area contributed by atoms with Crippen molar-refractivity contribution < 1.29 is 4.79 Å². The third-order valence-corrected chi connectivity index (χ3v) is 6.44. The predicted octanol–water partition coefficient (Wildman–Crippen LogP) is 2.58. The molecule has 2 saturated carbocycles. The largest absolute Gasteiger partial charge is 0.335 e. The Balaban J connectivity index is 1.26. The number of benzene rings is 1. The fourth-order valence-electron chi connectivity index (χ4n) is 5.14. The molecule has 2 aromatic rings. The number of carbonyl (C=O) groups is 1. The quantitative estimate of drug-likeness (QED) is 0.846. The van der Waals surface area contributed by atoms with E-state index in [1.165, 1.54) is 25.7 Å². The Hall–Kier alpha value is -2.01. The van der Waals surface area contributed by atoms with Crippen LogP contribution >= 0.6 is 0 Å². The van der Waals surface area contributed by atoms with Crippen LogP contribution in [-0.4, -0.2) is 57.9 Å². The molecule has 0 spiro atoms. The van der Waals surface area contributed by atoms with Crippen molar-refractivity contribution >= 4 is 16.9 Å². The van der Waals surface area contributed by atoms with E-state index in [4.69, 9.17) is 0 Å². The second kappa shape index (κ2) is 6.06. The van der Waals surface area contributed by atoms with Gasteiger partial charge in [-0.25, -0.2) is 4.98 Å². The average molecular weight is 336 g/mol. The van der Waals surface area contributed by atoms with E-state index >= 15 is 0 Å². The first-order valence-electron chi connectivity index (χ1n) is 9.53. The van der Waals surface area contributed by atoms with Crippen molar-refractivity contribution in [3.05, 3.63) is 36.2 Å². The molecule has 25 heavy (non-hydrogen) atoms. The number of carbonyl (C=O) groups excluding carboxylic acids is 1. The molecule has 1 aromatic carbocycles. The number of aromatic nitrogens is 2. The fourth-order valence-corrected chi connectivity index (χ4v) is 5.14. The van der Waals surface area contributed by atoms with Crippen LogP contribution in [0.4, 0.5) is 0 Å². The molecular formula is C20H24N4O. The van der Waals surface area contributed by atoms with E-state index in [1.54, 1.807) is 6.20 Å². The number of nitrogens with zero attached hydrogens (tertiary/aromatic N) is 4. The van der Waals surface area contributed by atoms with Gasteiger partial charge in [0.15, 0.2) is 0 Å². The van der Waals surface area contributed by atoms with E-state index in [0.29, 0.717) is 5.69 Å². The number of hydrogen-bond acceptors (Lipinski definition) is 4. The molecule has 1 aromatic heterocycles. The van der Waals surface area contributed by atoms with Crippen LogP contribution < -0.4 is 0 Å². The molecule has 0 unspecified atom stereocenters. The summed E-state index contributed by atoms with van der Waals surface area (Å²) >= 11 is 0. The first-order valence-corrected chi connectivity index (χ1v) is 9.53. The van der Waals surface area contributed by atoms with Gasteiger partial charge in [-0.2, -0.15) is 0 Å². The lowest BCUT2D eigenvalue weighted by Gasteiger charge is -2.40. The maximum Gasteiger partial charge on any atom is 0.274 e. The van der Waals surface area contributed by atoms with Crippen LogP contribution in [-0.2, 0) is 0 Å². The summed E-state index contributed by atoms with van der Waals surface area (Å²) < 4.78 is 0. The summed E-state index contributed by atoms with van der Waals surface area (Å²) in [5.74, 6) is 1.91. The van der Waals surface area contributed by atoms with E-state index in [1.807, 2.05) is 29.2 Å². The molecule has 130 valence electrons. The van der Waals surface area contributed by atoms with Crippen molar-refractivity contribution in [1.82, 2.24) is 19.8 Å². The molecule has 3 atom stereocenters. The van der Waals surface area contributed by atoms with Crippen LogP contribution in [0.5, 0.6) is 0 Å². The Morgan fingerprint density at radius 3 is 2.52 bits per heavy atom. The number of piperazine rings is 1. The lowest BCUT2D eigenvalue weighted by atomic mass is 9.93. The van der Waals surface area contributed by atoms with Crippen LogP contribution in [0.1, 0.15) is 36.2 Å². The van der Waals surface area contributed by atoms with Gasteiger partial charge < -0.3 is 4.90 Å². The van der Waals surface area contributed by atoms with Gasteiger partial charge in [0.25, 0.3) is 5.91 Å². The van der Waals surface area contributed by atoms with Crippen molar-refractivity contribution in [2.24, 2.45) is 11.8 Å². The van der Waals surface area contributed by atoms with Gasteiger partial charge >= 0.3 is 0 Å². The summed E-state index contributed by atoms with van der Waals surface area (Å²) in [6.07, 6.45) is 7.31. The second-order valence-electron chi connectivity index (χ2n) is 7.81. The van der Waals surface area contributed by atoms with Crippen LogP contribution in [0, 0.1) is 11.8 Å². The second-order valence-corrected chi connectivity index (χ2v) is 7.81. The molecule has 5 rings (SSSR count). The van der Waals surface area contributed by atoms with Crippen LogP contribution in [0.2, 0.25) is 0 Å². The highest BCUT2D eigenvalue weighted by molar-refractivity contribution is 5.93. The number of rotatable bonds is 2. The van der Waals surface area contributed by atoms with Crippen molar-refractivity contribution in [2.75, 3.05) is 26.2 Å². The number of amides is 1. The number of fused-ring (bicyclic) bond motifs is 3. The SMILES string of the molecule is O=C(c1cnc2ccccc2n1)N1CCN([C@H]2C[C@H]3CC[C@H]2C3)CC1. The minimum Gasteiger partial charge on any atom is -0.335 e. The fraction of sp³-hybridized carbons (Fsp3) is 0.550. The number of para-hydroxylation sites is 2. The molecule has 2 bridgehead atoms. The van der Waals surface area contributed by atoms with E-state index in [0.717, 1.165) is 55.1 Å². The Bertz CT molecular complexity index is 799. The molecule has 2 aliphatic carbocycles. The summed E-state index contributed by atoms with van der Waals surface area (Å²) in [5, 5.41) is 0. The number of hydrogen-bond donors (Lipinski definition) is 0. The Morgan fingerprint density at radius 2 is 1.80 bits per heavy atom. The van der Waals surface area contributed by atoms with Gasteiger partial charge in [0, 0.05) is 32.2 Å². The van der Waals surface area contributed by atoms with Crippen LogP contribution in [0.25, 0.3) is 11.0 Å². The predicted molar refractivity (Wildman–Crippen MR) is 96.3 cm³/mol. The summed E-state index contributed by atoms with van der Waals surface area (Å²) in [7, 11) is 0. The Labute approximate surface area is 148 Å². The standard InChI is InChI=1S/C20H24N4O/c25-20(18-13-21-16-3-1-2-4-17(16)22-18)24-9-7-23(8-10-24)19-12-14-5-6-15(19)11-14/h1-4,13-15,19H,5-12H2/t14-,15-,19-/m0/s1. The van der Waals surface area contributed by atoms with Crippen molar-refractivity contribution in [2.45, 2.75) is 31.7 Å².